The van der Waals surface area contributed by atoms with Gasteiger partial charge in [0.15, 0.2) is 23.6 Å². The quantitative estimate of drug-likeness (QED) is 0.0264. The van der Waals surface area contributed by atoms with Crippen molar-refractivity contribution >= 4 is 59.7 Å². The molecule has 2 heterocycles. The molecule has 19 nitrogen and oxygen atoms in total. The van der Waals surface area contributed by atoms with E-state index >= 15 is 0 Å². The summed E-state index contributed by atoms with van der Waals surface area (Å²) < 4.78 is 23.1. The van der Waals surface area contributed by atoms with Crippen LogP contribution in [-0.2, 0) is 43.4 Å². The molecule has 1 fully saturated rings. The van der Waals surface area contributed by atoms with Crippen LogP contribution in [-0.4, -0.2) is 117 Å². The molecule has 61 heavy (non-hydrogen) atoms. The molecule has 1 saturated heterocycles. The maximum absolute atomic E-state index is 14.2. The second-order valence-electron chi connectivity index (χ2n) is 15.9. The number of rotatable bonds is 22. The number of amides is 4. The van der Waals surface area contributed by atoms with Crippen molar-refractivity contribution in [1.29, 1.82) is 5.41 Å². The first-order valence-corrected chi connectivity index (χ1v) is 22.7. The number of allylic oxidation sites excluding steroid dienone is 1. The predicted molar refractivity (Wildman–Crippen MR) is 231 cm³/mol. The van der Waals surface area contributed by atoms with Crippen LogP contribution in [0, 0.1) is 11.3 Å². The first kappa shape index (κ1) is 47.5. The van der Waals surface area contributed by atoms with Gasteiger partial charge in [0.1, 0.15) is 23.9 Å². The maximum Gasteiger partial charge on any atom is 0.333 e. The molecule has 1 aromatic rings. The third-order valence-corrected chi connectivity index (χ3v) is 12.9. The fourth-order valence-corrected chi connectivity index (χ4v) is 9.64. The highest BCUT2D eigenvalue weighted by Crippen LogP contribution is 2.68. The van der Waals surface area contributed by atoms with Gasteiger partial charge in [-0.3, -0.25) is 34.3 Å². The van der Waals surface area contributed by atoms with Gasteiger partial charge in [-0.2, -0.15) is 0 Å². The van der Waals surface area contributed by atoms with Gasteiger partial charge in [0.05, 0.1) is 28.5 Å². The van der Waals surface area contributed by atoms with Crippen LogP contribution in [0.2, 0.25) is 0 Å². The lowest BCUT2D eigenvalue weighted by Gasteiger charge is -2.51. The Bertz CT molecular complexity index is 1870. The number of benzene rings is 1. The fourth-order valence-electron chi connectivity index (χ4n) is 9.13. The Morgan fingerprint density at radius 1 is 1.02 bits per heavy atom. The molecule has 336 valence electrons. The van der Waals surface area contributed by atoms with E-state index in [1.54, 1.807) is 7.11 Å². The molecule has 2 aliphatic heterocycles. The summed E-state index contributed by atoms with van der Waals surface area (Å²) in [4.78, 5) is 79.6. The van der Waals surface area contributed by atoms with Crippen molar-refractivity contribution < 1.29 is 47.5 Å². The standard InChI is InChI=1S/C40H61N9O10P2/c1-21-24-12-15-30(35-40(24)19-28(49(21)3)23-11-14-29(56-4)34(58-35)33(23)40)57-38(55)27(13-16-31(51)43-17-7-6-9-25(41)37(54)59-60)47-32(52)20-45-36(53)26(46-22(2)50)10-8-18-44-39(42)48-61-5/h11,14-15,21,24-28,35,61H,6-10,12-13,16-20,41,60H2,1-5H3,(H,43,51)(H,45,53)(H,46,50)(H,47,52)(H3,42,44,48)/t21-,24+,25?,26?,27?,28?,35+,40+/m1/s1. The normalized spacial score (nSPS) is 23.3. The maximum atomic E-state index is 14.2. The average molecular weight is 890 g/mol. The molecule has 5 rings (SSSR count). The van der Waals surface area contributed by atoms with E-state index in [-0.39, 0.29) is 49.1 Å². The van der Waals surface area contributed by atoms with Gasteiger partial charge in [-0.05, 0) is 104 Å². The van der Waals surface area contributed by atoms with Crippen molar-refractivity contribution in [3.8, 4) is 11.5 Å². The average Bonchev–Trinajstić information content (AvgIpc) is 3.74. The summed E-state index contributed by atoms with van der Waals surface area (Å²) >= 11 is 0. The van der Waals surface area contributed by atoms with Crippen molar-refractivity contribution in [1.82, 2.24) is 36.6 Å². The molecule has 6 unspecified atom stereocenters. The SMILES string of the molecule is COc1ccc2c3c1O[C@H]1C(OC(=O)C(CCC(=O)NCCCCC(N)C(=O)OP)NC(=O)CNC(=O)C(CCCNC(=N)NPC)NC(C)=O)=CC[C@H]4[C@@H](C)N(C)C2C[C@]314. The monoisotopic (exact) mass is 889 g/mol. The number of methoxy groups -OCH3 is 1. The number of esters is 1. The Hall–Kier alpha value is -4.57. The highest BCUT2D eigenvalue weighted by molar-refractivity contribution is 7.35. The van der Waals surface area contributed by atoms with Gasteiger partial charge in [0.2, 0.25) is 23.6 Å². The smallest absolute Gasteiger partial charge is 0.333 e. The molecule has 2 aliphatic carbocycles. The number of hydrogen-bond donors (Lipinski definition) is 8. The number of unbranched alkanes of at least 4 members (excludes halogenated alkanes) is 1. The number of likely N-dealkylation sites (tertiary alicyclic amines) is 1. The van der Waals surface area contributed by atoms with Crippen molar-refractivity contribution in [2.45, 2.75) is 113 Å². The molecule has 9 N–H and O–H groups in total. The third kappa shape index (κ3) is 10.9. The summed E-state index contributed by atoms with van der Waals surface area (Å²) in [6.45, 7) is 5.54. The number of fused-ring (bicyclic) bond motifs is 2. The van der Waals surface area contributed by atoms with E-state index in [1.807, 2.05) is 28.3 Å². The topological polar surface area (TPSA) is 265 Å². The Kier molecular flexibility index (Phi) is 16.7. The molecule has 1 spiro atoms. The molecular formula is C40H61N9O10P2. The lowest BCUT2D eigenvalue weighted by molar-refractivity contribution is -0.147. The van der Waals surface area contributed by atoms with Gasteiger partial charge in [0.25, 0.3) is 0 Å². The number of nitrogens with one attached hydrogen (secondary N) is 7. The summed E-state index contributed by atoms with van der Waals surface area (Å²) in [7, 11) is 5.95. The van der Waals surface area contributed by atoms with Gasteiger partial charge >= 0.3 is 11.9 Å². The fraction of sp³-hybridized carbons (Fsp3) is 0.625. The predicted octanol–water partition coefficient (Wildman–Crippen LogP) is 0.870. The molecule has 2 bridgehead atoms. The van der Waals surface area contributed by atoms with E-state index < -0.39 is 65.8 Å². The Morgan fingerprint density at radius 2 is 1.77 bits per heavy atom. The van der Waals surface area contributed by atoms with Crippen molar-refractivity contribution in [2.24, 2.45) is 11.7 Å². The largest absolute Gasteiger partial charge is 0.493 e. The van der Waals surface area contributed by atoms with E-state index in [1.165, 1.54) is 12.5 Å². The minimum atomic E-state index is -1.28. The van der Waals surface area contributed by atoms with Crippen LogP contribution >= 0.6 is 18.2 Å². The number of guanidine groups is 1. The van der Waals surface area contributed by atoms with Gasteiger partial charge in [-0.1, -0.05) is 6.07 Å². The number of piperidine rings is 1. The number of carbonyl (C=O) groups is 6. The molecule has 4 aliphatic rings. The number of carbonyl (C=O) groups excluding carboxylic acids is 6. The van der Waals surface area contributed by atoms with E-state index in [2.05, 4.69) is 61.1 Å². The summed E-state index contributed by atoms with van der Waals surface area (Å²) in [6.07, 6.45) is 4.56. The van der Waals surface area contributed by atoms with E-state index in [0.29, 0.717) is 71.2 Å². The first-order chi connectivity index (χ1) is 29.2. The van der Waals surface area contributed by atoms with Crippen molar-refractivity contribution in [3.05, 3.63) is 35.1 Å². The van der Waals surface area contributed by atoms with Crippen LogP contribution in [0.4, 0.5) is 0 Å². The third-order valence-electron chi connectivity index (χ3n) is 12.2. The highest BCUT2D eigenvalue weighted by atomic mass is 31.1. The van der Waals surface area contributed by atoms with Crippen LogP contribution in [0.3, 0.4) is 0 Å². The molecule has 0 aromatic heterocycles. The summed E-state index contributed by atoms with van der Waals surface area (Å²) in [5.74, 6) is -1.55. The molecular weight excluding hydrogens is 828 g/mol. The lowest BCUT2D eigenvalue weighted by Crippen LogP contribution is -2.58. The Morgan fingerprint density at radius 3 is 2.48 bits per heavy atom. The van der Waals surface area contributed by atoms with Crippen LogP contribution in [0.1, 0.15) is 88.8 Å². The van der Waals surface area contributed by atoms with Crippen molar-refractivity contribution in [2.75, 3.05) is 40.5 Å². The second kappa shape index (κ2) is 21.5. The summed E-state index contributed by atoms with van der Waals surface area (Å²) in [5, 5.41) is 24.1. The summed E-state index contributed by atoms with van der Waals surface area (Å²) in [6, 6.07) is 1.35. The Balaban J connectivity index is 1.25. The second-order valence-corrected chi connectivity index (χ2v) is 16.9. The van der Waals surface area contributed by atoms with Gasteiger partial charge in [0, 0.05) is 44.1 Å². The zero-order chi connectivity index (χ0) is 44.4. The Labute approximate surface area is 360 Å². The molecule has 0 saturated carbocycles. The van der Waals surface area contributed by atoms with E-state index in [0.717, 1.165) is 12.0 Å². The molecule has 21 heteroatoms. The van der Waals surface area contributed by atoms with Crippen LogP contribution in [0.25, 0.3) is 0 Å². The van der Waals surface area contributed by atoms with Crippen molar-refractivity contribution in [3.63, 3.8) is 0 Å². The summed E-state index contributed by atoms with van der Waals surface area (Å²) in [5.41, 5.74) is 7.59. The van der Waals surface area contributed by atoms with Gasteiger partial charge in [-0.25, -0.2) is 4.79 Å². The number of hydrogen-bond acceptors (Lipinski definition) is 13. The lowest BCUT2D eigenvalue weighted by atomic mass is 9.60. The van der Waals surface area contributed by atoms with E-state index in [9.17, 15) is 28.8 Å². The number of nitrogens with zero attached hydrogens (tertiary/aromatic N) is 1. The number of nitrogens with two attached hydrogens (primary N) is 1. The zero-order valence-corrected chi connectivity index (χ0v) is 37.6. The molecule has 0 radical (unpaired) electrons. The molecule has 1 aromatic carbocycles. The minimum absolute atomic E-state index is 0.117. The van der Waals surface area contributed by atoms with E-state index in [4.69, 9.17) is 25.4 Å². The van der Waals surface area contributed by atoms with Crippen LogP contribution < -0.4 is 46.9 Å². The molecule has 4 amide bonds. The zero-order valence-electron chi connectivity index (χ0n) is 35.4. The molecule has 10 atom stereocenters. The first-order valence-electron chi connectivity index (χ1n) is 20.7. The van der Waals surface area contributed by atoms with Gasteiger partial charge < -0.3 is 56.1 Å². The van der Waals surface area contributed by atoms with Crippen LogP contribution in [0.5, 0.6) is 11.5 Å². The van der Waals surface area contributed by atoms with Gasteiger partial charge in [-0.15, -0.1) is 0 Å². The minimum Gasteiger partial charge on any atom is -0.493 e. The highest BCUT2D eigenvalue weighted by Gasteiger charge is 2.68. The number of ether oxygens (including phenoxy) is 3. The van der Waals surface area contributed by atoms with Crippen LogP contribution in [0.15, 0.2) is 24.0 Å².